The number of benzene rings is 2. The molecule has 0 saturated heterocycles. The molecule has 1 atom stereocenters. The zero-order valence-corrected chi connectivity index (χ0v) is 16.2. The van der Waals surface area contributed by atoms with E-state index in [4.69, 9.17) is 4.99 Å². The summed E-state index contributed by atoms with van der Waals surface area (Å²) in [6.45, 7) is 1.99. The number of nitrogens with zero attached hydrogens (tertiary/aromatic N) is 2. The van der Waals surface area contributed by atoms with E-state index in [1.165, 1.54) is 44.1 Å². The highest BCUT2D eigenvalue weighted by molar-refractivity contribution is 5.95. The van der Waals surface area contributed by atoms with E-state index < -0.39 is 0 Å². The van der Waals surface area contributed by atoms with Gasteiger partial charge in [0.25, 0.3) is 0 Å². The van der Waals surface area contributed by atoms with E-state index >= 15 is 0 Å². The van der Waals surface area contributed by atoms with Crippen LogP contribution in [0.5, 0.6) is 0 Å². The first-order valence-electron chi connectivity index (χ1n) is 10.6. The summed E-state index contributed by atoms with van der Waals surface area (Å²) in [6, 6.07) is 21.7. The predicted molar refractivity (Wildman–Crippen MR) is 114 cm³/mol. The SMILES string of the molecule is c1ccc(C[C@H]2CN=C(Nc3ccccc3)N2CCCC2CCCC2)cc1. The van der Waals surface area contributed by atoms with E-state index in [0.717, 1.165) is 37.1 Å². The van der Waals surface area contributed by atoms with E-state index in [0.29, 0.717) is 6.04 Å². The van der Waals surface area contributed by atoms with Crippen LogP contribution < -0.4 is 5.32 Å². The molecule has 2 aliphatic rings. The molecule has 3 nitrogen and oxygen atoms in total. The smallest absolute Gasteiger partial charge is 0.198 e. The van der Waals surface area contributed by atoms with Crippen LogP contribution >= 0.6 is 0 Å². The number of aliphatic imine (C=N–C) groups is 1. The van der Waals surface area contributed by atoms with Gasteiger partial charge in [-0.15, -0.1) is 0 Å². The number of para-hydroxylation sites is 1. The second-order valence-electron chi connectivity index (χ2n) is 7.98. The van der Waals surface area contributed by atoms with Crippen LogP contribution in [0.4, 0.5) is 5.69 Å². The molecule has 1 aliphatic heterocycles. The molecule has 1 N–H and O–H groups in total. The lowest BCUT2D eigenvalue weighted by molar-refractivity contribution is 0.319. The molecule has 0 spiro atoms. The molecule has 4 rings (SSSR count). The van der Waals surface area contributed by atoms with Crippen molar-refractivity contribution in [3.05, 3.63) is 66.2 Å². The summed E-state index contributed by atoms with van der Waals surface area (Å²) in [6.07, 6.45) is 9.46. The van der Waals surface area contributed by atoms with E-state index in [1.807, 2.05) is 0 Å². The fourth-order valence-corrected chi connectivity index (χ4v) is 4.51. The molecule has 0 aromatic heterocycles. The molecule has 142 valence electrons. The van der Waals surface area contributed by atoms with Crippen molar-refractivity contribution >= 4 is 11.6 Å². The molecule has 1 saturated carbocycles. The summed E-state index contributed by atoms with van der Waals surface area (Å²) >= 11 is 0. The molecule has 1 fully saturated rings. The van der Waals surface area contributed by atoms with E-state index in [1.54, 1.807) is 0 Å². The highest BCUT2D eigenvalue weighted by Gasteiger charge is 2.28. The number of rotatable bonds is 7. The largest absolute Gasteiger partial charge is 0.338 e. The minimum absolute atomic E-state index is 0.460. The number of nitrogens with one attached hydrogen (secondary N) is 1. The van der Waals surface area contributed by atoms with Gasteiger partial charge in [0.1, 0.15) is 0 Å². The Bertz CT molecular complexity index is 720. The molecule has 0 amide bonds. The molecule has 0 radical (unpaired) electrons. The highest BCUT2D eigenvalue weighted by Crippen LogP contribution is 2.29. The maximum absolute atomic E-state index is 4.87. The lowest BCUT2D eigenvalue weighted by atomic mass is 10.0. The van der Waals surface area contributed by atoms with Gasteiger partial charge in [0.2, 0.25) is 0 Å². The van der Waals surface area contributed by atoms with Crippen LogP contribution in [0.15, 0.2) is 65.7 Å². The Labute approximate surface area is 163 Å². The standard InChI is InChI=1S/C24H31N3/c1-3-12-21(13-4-1)18-23-19-25-24(26-22-15-5-2-6-16-22)27(23)17-9-14-20-10-7-8-11-20/h1-6,12-13,15-16,20,23H,7-11,14,17-19H2,(H,25,26)/t23-/m0/s1. The van der Waals surface area contributed by atoms with Crippen molar-refractivity contribution in [1.82, 2.24) is 4.90 Å². The van der Waals surface area contributed by atoms with Crippen molar-refractivity contribution in [2.24, 2.45) is 10.9 Å². The van der Waals surface area contributed by atoms with E-state index in [-0.39, 0.29) is 0 Å². The first-order chi connectivity index (χ1) is 13.4. The van der Waals surface area contributed by atoms with Crippen LogP contribution in [0.1, 0.15) is 44.1 Å². The van der Waals surface area contributed by atoms with Crippen molar-refractivity contribution < 1.29 is 0 Å². The van der Waals surface area contributed by atoms with Gasteiger partial charge in [-0.1, -0.05) is 74.2 Å². The van der Waals surface area contributed by atoms with Crippen LogP contribution in [-0.2, 0) is 6.42 Å². The summed E-state index contributed by atoms with van der Waals surface area (Å²) in [5, 5.41) is 3.56. The first kappa shape index (κ1) is 18.1. The van der Waals surface area contributed by atoms with Crippen LogP contribution in [0.2, 0.25) is 0 Å². The molecule has 3 heteroatoms. The number of anilines is 1. The third kappa shape index (κ3) is 4.91. The maximum atomic E-state index is 4.87. The van der Waals surface area contributed by atoms with Crippen LogP contribution in [0.3, 0.4) is 0 Å². The average molecular weight is 362 g/mol. The summed E-state index contributed by atoms with van der Waals surface area (Å²) in [7, 11) is 0. The molecule has 1 aliphatic carbocycles. The van der Waals surface area contributed by atoms with Gasteiger partial charge in [-0.05, 0) is 42.9 Å². The van der Waals surface area contributed by atoms with Gasteiger partial charge in [0.15, 0.2) is 5.96 Å². The van der Waals surface area contributed by atoms with Crippen molar-refractivity contribution in [3.63, 3.8) is 0 Å². The minimum Gasteiger partial charge on any atom is -0.338 e. The number of guanidine groups is 1. The zero-order valence-electron chi connectivity index (χ0n) is 16.2. The van der Waals surface area contributed by atoms with Crippen molar-refractivity contribution in [3.8, 4) is 0 Å². The van der Waals surface area contributed by atoms with Gasteiger partial charge in [0, 0.05) is 12.2 Å². The molecule has 27 heavy (non-hydrogen) atoms. The van der Waals surface area contributed by atoms with E-state index in [2.05, 4.69) is 70.9 Å². The Morgan fingerprint density at radius 3 is 2.37 bits per heavy atom. The lowest BCUT2D eigenvalue weighted by Crippen LogP contribution is -2.41. The van der Waals surface area contributed by atoms with Gasteiger partial charge in [-0.2, -0.15) is 0 Å². The van der Waals surface area contributed by atoms with Crippen molar-refractivity contribution in [1.29, 1.82) is 0 Å². The van der Waals surface area contributed by atoms with Crippen LogP contribution in [0.25, 0.3) is 0 Å². The van der Waals surface area contributed by atoms with Gasteiger partial charge < -0.3 is 10.2 Å². The Balaban J connectivity index is 1.40. The maximum Gasteiger partial charge on any atom is 0.198 e. The third-order valence-electron chi connectivity index (χ3n) is 5.99. The van der Waals surface area contributed by atoms with Gasteiger partial charge >= 0.3 is 0 Å². The molecular formula is C24H31N3. The second-order valence-corrected chi connectivity index (χ2v) is 7.98. The number of hydrogen-bond acceptors (Lipinski definition) is 3. The topological polar surface area (TPSA) is 27.6 Å². The van der Waals surface area contributed by atoms with Crippen molar-refractivity contribution in [2.75, 3.05) is 18.4 Å². The predicted octanol–water partition coefficient (Wildman–Crippen LogP) is 5.35. The van der Waals surface area contributed by atoms with Crippen molar-refractivity contribution in [2.45, 2.75) is 51.0 Å². The Kier molecular flexibility index (Phi) is 6.08. The summed E-state index contributed by atoms with van der Waals surface area (Å²) in [5.74, 6) is 2.01. The highest BCUT2D eigenvalue weighted by atomic mass is 15.4. The molecule has 2 aromatic carbocycles. The normalized spacial score (nSPS) is 20.1. The number of hydrogen-bond donors (Lipinski definition) is 1. The molecular weight excluding hydrogens is 330 g/mol. The first-order valence-corrected chi connectivity index (χ1v) is 10.6. The monoisotopic (exact) mass is 361 g/mol. The minimum atomic E-state index is 0.460. The average Bonchev–Trinajstić information content (AvgIpc) is 3.35. The summed E-state index contributed by atoms with van der Waals surface area (Å²) in [4.78, 5) is 7.39. The Morgan fingerprint density at radius 2 is 1.63 bits per heavy atom. The summed E-state index contributed by atoms with van der Waals surface area (Å²) in [5.41, 5.74) is 2.52. The van der Waals surface area contributed by atoms with E-state index in [9.17, 15) is 0 Å². The Hall–Kier alpha value is -2.29. The van der Waals surface area contributed by atoms with Gasteiger partial charge in [-0.3, -0.25) is 4.99 Å². The third-order valence-corrected chi connectivity index (χ3v) is 5.99. The Morgan fingerprint density at radius 1 is 0.926 bits per heavy atom. The fraction of sp³-hybridized carbons (Fsp3) is 0.458. The summed E-state index contributed by atoms with van der Waals surface area (Å²) < 4.78 is 0. The lowest BCUT2D eigenvalue weighted by Gasteiger charge is -2.29. The van der Waals surface area contributed by atoms with Gasteiger partial charge in [-0.25, -0.2) is 0 Å². The second kappa shape index (κ2) is 9.07. The molecule has 0 unspecified atom stereocenters. The van der Waals surface area contributed by atoms with Crippen LogP contribution in [-0.4, -0.2) is 30.0 Å². The molecule has 1 heterocycles. The fourth-order valence-electron chi connectivity index (χ4n) is 4.51. The molecule has 0 bridgehead atoms. The van der Waals surface area contributed by atoms with Gasteiger partial charge in [0.05, 0.1) is 12.6 Å². The quantitative estimate of drug-likeness (QED) is 0.720. The van der Waals surface area contributed by atoms with Crippen LogP contribution in [0, 0.1) is 5.92 Å². The zero-order chi connectivity index (χ0) is 18.3. The molecule has 2 aromatic rings.